The third kappa shape index (κ3) is 3.48. The van der Waals surface area contributed by atoms with Crippen molar-refractivity contribution < 1.29 is 4.79 Å². The summed E-state index contributed by atoms with van der Waals surface area (Å²) in [6.07, 6.45) is 7.10. The lowest BCUT2D eigenvalue weighted by Gasteiger charge is -2.34. The van der Waals surface area contributed by atoms with E-state index in [1.807, 2.05) is 13.8 Å². The highest BCUT2D eigenvalue weighted by molar-refractivity contribution is 6.33. The van der Waals surface area contributed by atoms with Crippen molar-refractivity contribution in [2.45, 2.75) is 64.3 Å². The van der Waals surface area contributed by atoms with Crippen molar-refractivity contribution in [1.82, 2.24) is 15.3 Å². The summed E-state index contributed by atoms with van der Waals surface area (Å²) < 4.78 is 0. The minimum atomic E-state index is -0.191. The third-order valence-electron chi connectivity index (χ3n) is 3.87. The molecule has 0 bridgehead atoms. The number of hydrogen-bond donors (Lipinski definition) is 1. The predicted molar refractivity (Wildman–Crippen MR) is 80.1 cm³/mol. The summed E-state index contributed by atoms with van der Waals surface area (Å²) in [6, 6.07) is 0. The van der Waals surface area contributed by atoms with Gasteiger partial charge in [-0.2, -0.15) is 0 Å². The number of amides is 1. The Hall–Kier alpha value is -1.16. The highest BCUT2D eigenvalue weighted by Crippen LogP contribution is 2.28. The van der Waals surface area contributed by atoms with E-state index in [9.17, 15) is 4.79 Å². The monoisotopic (exact) mass is 295 g/mol. The molecule has 2 rings (SSSR count). The lowest BCUT2D eigenvalue weighted by molar-refractivity contribution is 0.0877. The number of nitrogens with one attached hydrogen (secondary N) is 1. The molecule has 0 saturated heterocycles. The van der Waals surface area contributed by atoms with Gasteiger partial charge in [0.05, 0.1) is 11.2 Å². The number of carbonyl (C=O) groups excluding carboxylic acids is 1. The fourth-order valence-electron chi connectivity index (χ4n) is 2.61. The molecule has 5 heteroatoms. The zero-order valence-corrected chi connectivity index (χ0v) is 13.1. The van der Waals surface area contributed by atoms with E-state index >= 15 is 0 Å². The SMILES string of the molecule is CC(C)c1ncc(Cl)c(C(=O)NC2(C)CCCCC2)n1. The van der Waals surface area contributed by atoms with Crippen molar-refractivity contribution >= 4 is 17.5 Å². The summed E-state index contributed by atoms with van der Waals surface area (Å²) >= 11 is 6.07. The van der Waals surface area contributed by atoms with Gasteiger partial charge in [-0.1, -0.05) is 44.7 Å². The molecule has 110 valence electrons. The van der Waals surface area contributed by atoms with E-state index < -0.39 is 0 Å². The Kier molecular flexibility index (Phi) is 4.63. The van der Waals surface area contributed by atoms with Gasteiger partial charge in [-0.05, 0) is 19.8 Å². The lowest BCUT2D eigenvalue weighted by atomic mass is 9.83. The lowest BCUT2D eigenvalue weighted by Crippen LogP contribution is -2.47. The molecule has 1 aliphatic rings. The topological polar surface area (TPSA) is 54.9 Å². The Bertz CT molecular complexity index is 496. The summed E-state index contributed by atoms with van der Waals surface area (Å²) in [4.78, 5) is 20.9. The van der Waals surface area contributed by atoms with Crippen LogP contribution in [-0.2, 0) is 0 Å². The molecular weight excluding hydrogens is 274 g/mol. The second-order valence-electron chi connectivity index (χ2n) is 6.15. The maximum Gasteiger partial charge on any atom is 0.271 e. The smallest absolute Gasteiger partial charge is 0.271 e. The van der Waals surface area contributed by atoms with Gasteiger partial charge in [-0.25, -0.2) is 9.97 Å². The van der Waals surface area contributed by atoms with Crippen LogP contribution in [0.5, 0.6) is 0 Å². The first-order valence-electron chi connectivity index (χ1n) is 7.26. The predicted octanol–water partition coefficient (Wildman–Crippen LogP) is 3.71. The Balaban J connectivity index is 2.18. The molecule has 0 spiro atoms. The highest BCUT2D eigenvalue weighted by atomic mass is 35.5. The average Bonchev–Trinajstić information content (AvgIpc) is 2.39. The number of hydrogen-bond acceptors (Lipinski definition) is 3. The van der Waals surface area contributed by atoms with Gasteiger partial charge in [0.2, 0.25) is 0 Å². The molecular formula is C15H22ClN3O. The van der Waals surface area contributed by atoms with E-state index in [1.165, 1.54) is 12.6 Å². The van der Waals surface area contributed by atoms with Gasteiger partial charge in [-0.3, -0.25) is 4.79 Å². The molecule has 1 amide bonds. The van der Waals surface area contributed by atoms with Crippen molar-refractivity contribution in [3.63, 3.8) is 0 Å². The number of carbonyl (C=O) groups is 1. The summed E-state index contributed by atoms with van der Waals surface area (Å²) in [7, 11) is 0. The molecule has 1 heterocycles. The Morgan fingerprint density at radius 2 is 2.00 bits per heavy atom. The van der Waals surface area contributed by atoms with E-state index in [1.54, 1.807) is 0 Å². The molecule has 0 aromatic carbocycles. The van der Waals surface area contributed by atoms with Gasteiger partial charge in [0.15, 0.2) is 0 Å². The third-order valence-corrected chi connectivity index (χ3v) is 4.14. The zero-order valence-electron chi connectivity index (χ0n) is 12.4. The van der Waals surface area contributed by atoms with Gasteiger partial charge < -0.3 is 5.32 Å². The maximum atomic E-state index is 12.4. The van der Waals surface area contributed by atoms with E-state index in [0.717, 1.165) is 25.7 Å². The van der Waals surface area contributed by atoms with Crippen LogP contribution in [0.25, 0.3) is 0 Å². The molecule has 1 aromatic rings. The van der Waals surface area contributed by atoms with Crippen LogP contribution in [0.2, 0.25) is 5.02 Å². The number of halogens is 1. The molecule has 0 unspecified atom stereocenters. The largest absolute Gasteiger partial charge is 0.345 e. The second kappa shape index (κ2) is 6.08. The second-order valence-corrected chi connectivity index (χ2v) is 6.56. The molecule has 0 radical (unpaired) electrons. The van der Waals surface area contributed by atoms with Crippen molar-refractivity contribution in [2.75, 3.05) is 0 Å². The molecule has 1 aliphatic carbocycles. The quantitative estimate of drug-likeness (QED) is 0.925. The Morgan fingerprint density at radius 3 is 2.60 bits per heavy atom. The van der Waals surface area contributed by atoms with Crippen LogP contribution < -0.4 is 5.32 Å². The van der Waals surface area contributed by atoms with Crippen molar-refractivity contribution in [1.29, 1.82) is 0 Å². The average molecular weight is 296 g/mol. The minimum Gasteiger partial charge on any atom is -0.345 e. The normalized spacial score (nSPS) is 18.1. The molecule has 1 aromatic heterocycles. The van der Waals surface area contributed by atoms with Crippen LogP contribution in [-0.4, -0.2) is 21.4 Å². The molecule has 1 fully saturated rings. The van der Waals surface area contributed by atoms with Crippen LogP contribution in [0.3, 0.4) is 0 Å². The fraction of sp³-hybridized carbons (Fsp3) is 0.667. The van der Waals surface area contributed by atoms with Crippen LogP contribution in [0.15, 0.2) is 6.20 Å². The first-order chi connectivity index (χ1) is 9.41. The highest BCUT2D eigenvalue weighted by Gasteiger charge is 2.30. The number of nitrogens with zero attached hydrogens (tertiary/aromatic N) is 2. The summed E-state index contributed by atoms with van der Waals surface area (Å²) in [5, 5.41) is 3.42. The maximum absolute atomic E-state index is 12.4. The summed E-state index contributed by atoms with van der Waals surface area (Å²) in [6.45, 7) is 6.09. The number of aromatic nitrogens is 2. The van der Waals surface area contributed by atoms with E-state index in [0.29, 0.717) is 10.8 Å². The first-order valence-corrected chi connectivity index (χ1v) is 7.64. The van der Waals surface area contributed by atoms with Gasteiger partial charge >= 0.3 is 0 Å². The van der Waals surface area contributed by atoms with Gasteiger partial charge in [0.25, 0.3) is 5.91 Å². The van der Waals surface area contributed by atoms with Crippen molar-refractivity contribution in [2.24, 2.45) is 0 Å². The summed E-state index contributed by atoms with van der Waals surface area (Å²) in [5.41, 5.74) is 0.152. The minimum absolute atomic E-state index is 0.137. The molecule has 1 N–H and O–H groups in total. The van der Waals surface area contributed by atoms with Crippen LogP contribution in [0.4, 0.5) is 0 Å². The summed E-state index contributed by atoms with van der Waals surface area (Å²) in [5.74, 6) is 0.626. The number of rotatable bonds is 3. The van der Waals surface area contributed by atoms with Crippen LogP contribution in [0, 0.1) is 0 Å². The fourth-order valence-corrected chi connectivity index (χ4v) is 2.79. The molecule has 1 saturated carbocycles. The molecule has 20 heavy (non-hydrogen) atoms. The Labute approximate surface area is 125 Å². The first kappa shape index (κ1) is 15.2. The van der Waals surface area contributed by atoms with E-state index in [-0.39, 0.29) is 23.1 Å². The molecule has 0 aliphatic heterocycles. The van der Waals surface area contributed by atoms with Crippen LogP contribution in [0.1, 0.15) is 75.1 Å². The van der Waals surface area contributed by atoms with Crippen molar-refractivity contribution in [3.8, 4) is 0 Å². The zero-order chi connectivity index (χ0) is 14.8. The van der Waals surface area contributed by atoms with Gasteiger partial charge in [0.1, 0.15) is 11.5 Å². The van der Waals surface area contributed by atoms with Crippen molar-refractivity contribution in [3.05, 3.63) is 22.7 Å². The van der Waals surface area contributed by atoms with Gasteiger partial charge in [-0.15, -0.1) is 0 Å². The van der Waals surface area contributed by atoms with Gasteiger partial charge in [0, 0.05) is 11.5 Å². The molecule has 0 atom stereocenters. The van der Waals surface area contributed by atoms with E-state index in [2.05, 4.69) is 22.2 Å². The van der Waals surface area contributed by atoms with Crippen LogP contribution >= 0.6 is 11.6 Å². The molecule has 4 nitrogen and oxygen atoms in total. The van der Waals surface area contributed by atoms with E-state index in [4.69, 9.17) is 11.6 Å². The Morgan fingerprint density at radius 1 is 1.35 bits per heavy atom. The standard InChI is InChI=1S/C15H22ClN3O/c1-10(2)13-17-9-11(16)12(18-13)14(20)19-15(3)7-5-4-6-8-15/h9-10H,4-8H2,1-3H3,(H,19,20).